The van der Waals surface area contributed by atoms with E-state index >= 15 is 0 Å². The Kier molecular flexibility index (Phi) is 3.08. The molecule has 24 heavy (non-hydrogen) atoms. The molecule has 1 atom stereocenters. The first-order valence-corrected chi connectivity index (χ1v) is 7.92. The summed E-state index contributed by atoms with van der Waals surface area (Å²) in [5, 5.41) is 4.55. The molecule has 0 aromatic heterocycles. The van der Waals surface area contributed by atoms with Crippen molar-refractivity contribution in [2.24, 2.45) is 5.41 Å². The predicted molar refractivity (Wildman–Crippen MR) is 87.3 cm³/mol. The maximum Gasteiger partial charge on any atom is 0.328 e. The zero-order chi connectivity index (χ0) is 17.1. The topological polar surface area (TPSA) is 108 Å². The number of nitrogen functional groups attached to an aromatic ring is 1. The quantitative estimate of drug-likeness (QED) is 0.429. The van der Waals surface area contributed by atoms with E-state index in [1.54, 1.807) is 0 Å². The second-order valence-electron chi connectivity index (χ2n) is 6.75. The van der Waals surface area contributed by atoms with Crippen molar-refractivity contribution in [3.63, 3.8) is 0 Å². The van der Waals surface area contributed by atoms with Crippen LogP contribution >= 0.6 is 0 Å². The molecule has 4 rings (SSSR count). The van der Waals surface area contributed by atoms with Crippen molar-refractivity contribution in [1.82, 2.24) is 15.5 Å². The van der Waals surface area contributed by atoms with Gasteiger partial charge in [0.25, 0.3) is 0 Å². The molecule has 126 valence electrons. The summed E-state index contributed by atoms with van der Waals surface area (Å²) >= 11 is 0. The number of amides is 4. The Morgan fingerprint density at radius 1 is 1.17 bits per heavy atom. The number of imide groups is 2. The first-order chi connectivity index (χ1) is 11.4. The maximum atomic E-state index is 12.8. The van der Waals surface area contributed by atoms with Crippen LogP contribution in [0.2, 0.25) is 0 Å². The van der Waals surface area contributed by atoms with Crippen molar-refractivity contribution >= 4 is 29.2 Å². The maximum absolute atomic E-state index is 12.8. The van der Waals surface area contributed by atoms with E-state index in [0.717, 1.165) is 17.8 Å². The van der Waals surface area contributed by atoms with Crippen molar-refractivity contribution in [3.8, 4) is 0 Å². The molecular weight excluding hydrogens is 310 g/mol. The molecule has 1 spiro atoms. The monoisotopic (exact) mass is 329 g/mol. The molecule has 0 saturated carbocycles. The van der Waals surface area contributed by atoms with Gasteiger partial charge in [0.1, 0.15) is 0 Å². The fourth-order valence-electron chi connectivity index (χ4n) is 4.10. The van der Waals surface area contributed by atoms with Gasteiger partial charge in [-0.1, -0.05) is 0 Å². The van der Waals surface area contributed by atoms with Crippen LogP contribution in [0.1, 0.15) is 5.56 Å². The predicted octanol–water partition coefficient (Wildman–Crippen LogP) is -0.702. The van der Waals surface area contributed by atoms with Gasteiger partial charge in [-0.05, 0) is 37.2 Å². The number of nitrogens with two attached hydrogens (primary N) is 1. The van der Waals surface area contributed by atoms with Crippen LogP contribution in [0.15, 0.2) is 18.2 Å². The zero-order valence-electron chi connectivity index (χ0n) is 13.3. The number of carbonyl (C=O) groups is 3. The van der Waals surface area contributed by atoms with Gasteiger partial charge in [-0.2, -0.15) is 0 Å². The largest absolute Gasteiger partial charge is 0.399 e. The minimum atomic E-state index is -1.33. The van der Waals surface area contributed by atoms with Gasteiger partial charge in [0.2, 0.25) is 11.8 Å². The number of anilines is 2. The minimum absolute atomic E-state index is 0.229. The van der Waals surface area contributed by atoms with Crippen molar-refractivity contribution < 1.29 is 14.4 Å². The lowest BCUT2D eigenvalue weighted by Crippen LogP contribution is -2.74. The number of fused-ring (bicyclic) bond motifs is 4. The SMILES string of the molecule is CN1CCN2c3ccc(N)cc3CC3(C(=O)NC(=O)NC3=O)[C@H]2C1. The summed E-state index contributed by atoms with van der Waals surface area (Å²) in [6.45, 7) is 2.10. The van der Waals surface area contributed by atoms with Crippen molar-refractivity contribution in [2.45, 2.75) is 12.5 Å². The third kappa shape index (κ3) is 1.92. The molecule has 3 aliphatic rings. The van der Waals surface area contributed by atoms with Crippen molar-refractivity contribution in [1.29, 1.82) is 0 Å². The highest BCUT2D eigenvalue weighted by molar-refractivity contribution is 6.20. The summed E-state index contributed by atoms with van der Waals surface area (Å²) in [5.74, 6) is -1.07. The standard InChI is InChI=1S/C16H19N5O3/c1-20-4-5-21-11-3-2-10(17)6-9(11)7-16(12(21)8-20)13(22)18-15(24)19-14(16)23/h2-3,6,12H,4-5,7-8,17H2,1H3,(H2,18,19,22,23,24)/t12-/m1/s1. The van der Waals surface area contributed by atoms with Gasteiger partial charge < -0.3 is 15.5 Å². The Balaban J connectivity index is 1.89. The summed E-state index contributed by atoms with van der Waals surface area (Å²) in [5.41, 5.74) is 7.02. The van der Waals surface area contributed by atoms with Crippen molar-refractivity contribution in [3.05, 3.63) is 23.8 Å². The molecule has 4 N–H and O–H groups in total. The normalized spacial score (nSPS) is 25.8. The van der Waals surface area contributed by atoms with Crippen LogP contribution in [0.5, 0.6) is 0 Å². The van der Waals surface area contributed by atoms with E-state index in [2.05, 4.69) is 20.4 Å². The molecule has 0 bridgehead atoms. The van der Waals surface area contributed by atoms with Gasteiger partial charge >= 0.3 is 6.03 Å². The lowest BCUT2D eigenvalue weighted by molar-refractivity contribution is -0.147. The number of benzene rings is 1. The van der Waals surface area contributed by atoms with Gasteiger partial charge in [0, 0.05) is 31.0 Å². The fourth-order valence-corrected chi connectivity index (χ4v) is 4.10. The second kappa shape index (κ2) is 4.94. The molecule has 4 amide bonds. The average molecular weight is 329 g/mol. The van der Waals surface area contributed by atoms with E-state index in [0.29, 0.717) is 18.8 Å². The second-order valence-corrected chi connectivity index (χ2v) is 6.75. The first-order valence-electron chi connectivity index (χ1n) is 7.92. The average Bonchev–Trinajstić information content (AvgIpc) is 2.52. The molecule has 1 aromatic rings. The van der Waals surface area contributed by atoms with Gasteiger partial charge in [-0.25, -0.2) is 4.79 Å². The summed E-state index contributed by atoms with van der Waals surface area (Å²) in [6, 6.07) is 4.49. The molecule has 3 aliphatic heterocycles. The molecule has 2 saturated heterocycles. The summed E-state index contributed by atoms with van der Waals surface area (Å²) in [4.78, 5) is 41.3. The van der Waals surface area contributed by atoms with Crippen LogP contribution in [-0.4, -0.2) is 55.5 Å². The third-order valence-electron chi connectivity index (χ3n) is 5.30. The van der Waals surface area contributed by atoms with E-state index in [1.807, 2.05) is 25.2 Å². The number of piperazine rings is 1. The van der Waals surface area contributed by atoms with Gasteiger partial charge in [-0.3, -0.25) is 20.2 Å². The lowest BCUT2D eigenvalue weighted by atomic mass is 9.68. The minimum Gasteiger partial charge on any atom is -0.399 e. The van der Waals surface area contributed by atoms with Crippen LogP contribution in [0.3, 0.4) is 0 Å². The number of likely N-dealkylation sites (N-methyl/N-ethyl adjacent to an activating group) is 1. The Labute approximate surface area is 139 Å². The number of urea groups is 1. The van der Waals surface area contributed by atoms with E-state index in [-0.39, 0.29) is 12.5 Å². The highest BCUT2D eigenvalue weighted by Gasteiger charge is 2.60. The molecule has 8 nitrogen and oxygen atoms in total. The molecule has 1 aromatic carbocycles. The van der Waals surface area contributed by atoms with E-state index in [1.165, 1.54) is 0 Å². The highest BCUT2D eigenvalue weighted by Crippen LogP contribution is 2.44. The van der Waals surface area contributed by atoms with Crippen LogP contribution in [0.4, 0.5) is 16.2 Å². The molecule has 2 fully saturated rings. The number of carbonyl (C=O) groups excluding carboxylic acids is 3. The Morgan fingerprint density at radius 2 is 1.88 bits per heavy atom. The molecule has 8 heteroatoms. The number of barbiturate groups is 1. The number of nitrogens with one attached hydrogen (secondary N) is 2. The number of hydrogen-bond acceptors (Lipinski definition) is 6. The van der Waals surface area contributed by atoms with Gasteiger partial charge in [-0.15, -0.1) is 0 Å². The zero-order valence-corrected chi connectivity index (χ0v) is 13.3. The Morgan fingerprint density at radius 3 is 2.58 bits per heavy atom. The van der Waals surface area contributed by atoms with Crippen LogP contribution in [0.25, 0.3) is 0 Å². The van der Waals surface area contributed by atoms with E-state index in [4.69, 9.17) is 5.73 Å². The van der Waals surface area contributed by atoms with E-state index in [9.17, 15) is 14.4 Å². The van der Waals surface area contributed by atoms with Crippen LogP contribution < -0.4 is 21.3 Å². The lowest BCUT2D eigenvalue weighted by Gasteiger charge is -2.53. The number of nitrogens with zero attached hydrogens (tertiary/aromatic N) is 2. The Hall–Kier alpha value is -2.61. The molecule has 3 heterocycles. The fraction of sp³-hybridized carbons (Fsp3) is 0.438. The molecule has 0 unspecified atom stereocenters. The molecule has 0 aliphatic carbocycles. The number of rotatable bonds is 0. The van der Waals surface area contributed by atoms with Crippen LogP contribution in [-0.2, 0) is 16.0 Å². The number of hydrogen-bond donors (Lipinski definition) is 3. The molecule has 0 radical (unpaired) electrons. The van der Waals surface area contributed by atoms with Gasteiger partial charge in [0.05, 0.1) is 6.04 Å². The van der Waals surface area contributed by atoms with Gasteiger partial charge in [0.15, 0.2) is 5.41 Å². The third-order valence-corrected chi connectivity index (χ3v) is 5.30. The van der Waals surface area contributed by atoms with Crippen LogP contribution in [0, 0.1) is 5.41 Å². The smallest absolute Gasteiger partial charge is 0.328 e. The molecular formula is C16H19N5O3. The highest BCUT2D eigenvalue weighted by atomic mass is 16.2. The summed E-state index contributed by atoms with van der Waals surface area (Å²) < 4.78 is 0. The first kappa shape index (κ1) is 14.9. The van der Waals surface area contributed by atoms with E-state index < -0.39 is 23.3 Å². The Bertz CT molecular complexity index is 742. The summed E-state index contributed by atoms with van der Waals surface area (Å²) in [7, 11) is 1.97. The summed E-state index contributed by atoms with van der Waals surface area (Å²) in [6.07, 6.45) is 0.229. The van der Waals surface area contributed by atoms with Crippen molar-refractivity contribution in [2.75, 3.05) is 37.3 Å².